The van der Waals surface area contributed by atoms with E-state index in [0.717, 1.165) is 11.9 Å². The number of rotatable bonds is 4. The van der Waals surface area contributed by atoms with Crippen molar-refractivity contribution in [2.24, 2.45) is 0 Å². The first kappa shape index (κ1) is 20.7. The Bertz CT molecular complexity index is 679. The van der Waals surface area contributed by atoms with Crippen molar-refractivity contribution in [2.45, 2.75) is 108 Å². The van der Waals surface area contributed by atoms with E-state index in [0.29, 0.717) is 24.0 Å². The first-order valence-electron chi connectivity index (χ1n) is 12.8. The molecule has 0 N–H and O–H groups in total. The molecule has 5 nitrogen and oxygen atoms in total. The minimum atomic E-state index is 0.543. The molecule has 2 bridgehead atoms. The van der Waals surface area contributed by atoms with Gasteiger partial charge in [0.05, 0.1) is 0 Å². The fraction of sp³-hybridized carbons (Fsp3) is 0.840. The molecule has 3 saturated heterocycles. The highest BCUT2D eigenvalue weighted by Crippen LogP contribution is 2.35. The third-order valence-corrected chi connectivity index (χ3v) is 8.39. The van der Waals surface area contributed by atoms with E-state index in [1.54, 1.807) is 0 Å². The molecule has 30 heavy (non-hydrogen) atoms. The maximum absolute atomic E-state index is 5.19. The van der Waals surface area contributed by atoms with Gasteiger partial charge in [-0.3, -0.25) is 4.90 Å². The molecule has 0 spiro atoms. The Labute approximate surface area is 183 Å². The van der Waals surface area contributed by atoms with Crippen molar-refractivity contribution in [3.63, 3.8) is 0 Å². The van der Waals surface area contributed by atoms with Crippen molar-refractivity contribution in [1.29, 1.82) is 0 Å². The highest BCUT2D eigenvalue weighted by Gasteiger charge is 2.39. The van der Waals surface area contributed by atoms with E-state index in [4.69, 9.17) is 9.97 Å². The van der Waals surface area contributed by atoms with Crippen LogP contribution < -0.4 is 4.90 Å². The van der Waals surface area contributed by atoms with Gasteiger partial charge in [-0.15, -0.1) is 0 Å². The lowest BCUT2D eigenvalue weighted by molar-refractivity contribution is 0.120. The Morgan fingerprint density at radius 2 is 1.50 bits per heavy atom. The number of likely N-dealkylation sites (tertiary alicyclic amines) is 2. The van der Waals surface area contributed by atoms with E-state index < -0.39 is 0 Å². The summed E-state index contributed by atoms with van der Waals surface area (Å²) in [5.41, 5.74) is 0. The first-order chi connectivity index (χ1) is 14.7. The number of piperazine rings is 1. The van der Waals surface area contributed by atoms with Gasteiger partial charge in [-0.25, -0.2) is 9.97 Å². The van der Waals surface area contributed by atoms with Crippen LogP contribution in [0.3, 0.4) is 0 Å². The quantitative estimate of drug-likeness (QED) is 0.732. The van der Waals surface area contributed by atoms with Gasteiger partial charge in [0.1, 0.15) is 11.6 Å². The number of piperidine rings is 2. The number of hydrogen-bond donors (Lipinski definition) is 0. The van der Waals surface area contributed by atoms with Crippen LogP contribution in [0.4, 0.5) is 5.82 Å². The summed E-state index contributed by atoms with van der Waals surface area (Å²) in [6.07, 6.45) is 15.6. The van der Waals surface area contributed by atoms with Gasteiger partial charge in [-0.2, -0.15) is 0 Å². The average Bonchev–Trinajstić information content (AvgIpc) is 2.79. The lowest BCUT2D eigenvalue weighted by Gasteiger charge is -2.52. The fourth-order valence-corrected chi connectivity index (χ4v) is 6.61. The summed E-state index contributed by atoms with van der Waals surface area (Å²) in [6.45, 7) is 9.53. The van der Waals surface area contributed by atoms with Crippen molar-refractivity contribution >= 4 is 5.82 Å². The van der Waals surface area contributed by atoms with Gasteiger partial charge in [-0.1, -0.05) is 19.3 Å². The van der Waals surface area contributed by atoms with E-state index >= 15 is 0 Å². The molecule has 1 aromatic rings. The molecule has 0 aromatic carbocycles. The molecular formula is C25H41N5. The zero-order valence-electron chi connectivity index (χ0n) is 19.2. The van der Waals surface area contributed by atoms with E-state index in [-0.39, 0.29) is 0 Å². The first-order valence-corrected chi connectivity index (χ1v) is 12.8. The third-order valence-electron chi connectivity index (χ3n) is 8.39. The van der Waals surface area contributed by atoms with Crippen LogP contribution in [-0.2, 0) is 0 Å². The molecule has 0 amide bonds. The topological polar surface area (TPSA) is 35.5 Å². The lowest BCUT2D eigenvalue weighted by Crippen LogP contribution is -2.62. The van der Waals surface area contributed by atoms with Crippen LogP contribution >= 0.6 is 0 Å². The third kappa shape index (κ3) is 4.25. The second-order valence-corrected chi connectivity index (χ2v) is 10.6. The molecule has 2 atom stereocenters. The summed E-state index contributed by atoms with van der Waals surface area (Å²) < 4.78 is 0. The maximum Gasteiger partial charge on any atom is 0.133 e. The monoisotopic (exact) mass is 411 g/mol. The molecule has 166 valence electrons. The molecule has 5 heteroatoms. The van der Waals surface area contributed by atoms with Crippen molar-refractivity contribution in [2.75, 3.05) is 31.1 Å². The second-order valence-electron chi connectivity index (χ2n) is 10.6. The molecule has 1 aliphatic carbocycles. The Morgan fingerprint density at radius 1 is 0.833 bits per heavy atom. The van der Waals surface area contributed by atoms with Gasteiger partial charge >= 0.3 is 0 Å². The Morgan fingerprint density at radius 3 is 2.17 bits per heavy atom. The SMILES string of the molecule is CC(C)N1CC2CCCC(C1)N2c1ccnc(C2CCN(C3CCCCC3)CC2)n1. The van der Waals surface area contributed by atoms with Crippen molar-refractivity contribution < 1.29 is 0 Å². The normalized spacial score (nSPS) is 30.2. The van der Waals surface area contributed by atoms with Crippen LogP contribution in [0, 0.1) is 0 Å². The van der Waals surface area contributed by atoms with Crippen LogP contribution in [-0.4, -0.2) is 70.1 Å². The molecule has 4 heterocycles. The summed E-state index contributed by atoms with van der Waals surface area (Å²) >= 11 is 0. The standard InChI is InChI=1S/C25H41N5/c1-19(2)29-17-22-9-6-10-23(18-29)30(22)24-11-14-26-25(27-24)20-12-15-28(16-13-20)21-7-4-3-5-8-21/h11,14,19-23H,3-10,12-13,15-18H2,1-2H3. The Hall–Kier alpha value is -1.20. The number of aromatic nitrogens is 2. The molecule has 3 aliphatic heterocycles. The largest absolute Gasteiger partial charge is 0.348 e. The van der Waals surface area contributed by atoms with Crippen molar-refractivity contribution in [3.05, 3.63) is 18.1 Å². The minimum Gasteiger partial charge on any atom is -0.348 e. The summed E-state index contributed by atoms with van der Waals surface area (Å²) in [5.74, 6) is 2.86. The number of fused-ring (bicyclic) bond motifs is 2. The maximum atomic E-state index is 5.19. The summed E-state index contributed by atoms with van der Waals surface area (Å²) in [5, 5.41) is 0. The van der Waals surface area contributed by atoms with Gasteiger partial charge in [0.15, 0.2) is 0 Å². The number of nitrogens with zero attached hydrogens (tertiary/aromatic N) is 5. The Balaban J connectivity index is 1.26. The van der Waals surface area contributed by atoms with Gasteiger partial charge in [0.25, 0.3) is 0 Å². The van der Waals surface area contributed by atoms with E-state index in [1.807, 2.05) is 6.20 Å². The van der Waals surface area contributed by atoms with E-state index in [2.05, 4.69) is 34.6 Å². The Kier molecular flexibility index (Phi) is 6.29. The van der Waals surface area contributed by atoms with Crippen molar-refractivity contribution in [3.8, 4) is 0 Å². The summed E-state index contributed by atoms with van der Waals surface area (Å²) in [7, 11) is 0. The van der Waals surface area contributed by atoms with Gasteiger partial charge in [0, 0.05) is 49.4 Å². The highest BCUT2D eigenvalue weighted by molar-refractivity contribution is 5.43. The molecule has 1 aromatic heterocycles. The fourth-order valence-electron chi connectivity index (χ4n) is 6.61. The van der Waals surface area contributed by atoms with Gasteiger partial charge in [0.2, 0.25) is 0 Å². The second kappa shape index (κ2) is 9.12. The van der Waals surface area contributed by atoms with Gasteiger partial charge < -0.3 is 9.80 Å². The molecular weight excluding hydrogens is 370 g/mol. The molecule has 0 radical (unpaired) electrons. The predicted octanol–water partition coefficient (Wildman–Crippen LogP) is 4.44. The minimum absolute atomic E-state index is 0.543. The molecule has 1 saturated carbocycles. The smallest absolute Gasteiger partial charge is 0.133 e. The zero-order chi connectivity index (χ0) is 20.5. The average molecular weight is 412 g/mol. The van der Waals surface area contributed by atoms with Crippen LogP contribution in [0.2, 0.25) is 0 Å². The highest BCUT2D eigenvalue weighted by atomic mass is 15.3. The van der Waals surface area contributed by atoms with E-state index in [1.165, 1.54) is 96.2 Å². The number of hydrogen-bond acceptors (Lipinski definition) is 5. The van der Waals surface area contributed by atoms with Crippen LogP contribution in [0.5, 0.6) is 0 Å². The summed E-state index contributed by atoms with van der Waals surface area (Å²) in [4.78, 5) is 18.1. The van der Waals surface area contributed by atoms with Crippen LogP contribution in [0.1, 0.15) is 89.8 Å². The van der Waals surface area contributed by atoms with Crippen LogP contribution in [0.25, 0.3) is 0 Å². The lowest BCUT2D eigenvalue weighted by atomic mass is 9.89. The predicted molar refractivity (Wildman–Crippen MR) is 123 cm³/mol. The molecule has 2 unspecified atom stereocenters. The van der Waals surface area contributed by atoms with Crippen molar-refractivity contribution in [1.82, 2.24) is 19.8 Å². The molecule has 4 aliphatic rings. The zero-order valence-corrected chi connectivity index (χ0v) is 19.2. The number of anilines is 1. The molecule has 4 fully saturated rings. The van der Waals surface area contributed by atoms with Gasteiger partial charge in [-0.05, 0) is 77.9 Å². The van der Waals surface area contributed by atoms with Crippen LogP contribution in [0.15, 0.2) is 12.3 Å². The van der Waals surface area contributed by atoms with E-state index in [9.17, 15) is 0 Å². The summed E-state index contributed by atoms with van der Waals surface area (Å²) in [6, 6.07) is 4.91. The molecule has 5 rings (SSSR count).